The van der Waals surface area contributed by atoms with Gasteiger partial charge in [0, 0.05) is 29.9 Å². The number of hydrogen-bond donors (Lipinski definition) is 4. The van der Waals surface area contributed by atoms with Crippen LogP contribution in [0.25, 0.3) is 0 Å². The first kappa shape index (κ1) is 19.0. The Morgan fingerprint density at radius 2 is 1.96 bits per heavy atom. The van der Waals surface area contributed by atoms with Gasteiger partial charge in [0.15, 0.2) is 0 Å². The summed E-state index contributed by atoms with van der Waals surface area (Å²) in [6, 6.07) is 10.7. The van der Waals surface area contributed by atoms with Crippen LogP contribution in [0.2, 0.25) is 0 Å². The maximum Gasteiger partial charge on any atom is 0.226 e. The van der Waals surface area contributed by atoms with E-state index in [9.17, 15) is 4.79 Å². The molecular weight excluding hydrogens is 346 g/mol. The Labute approximate surface area is 158 Å². The molecule has 3 rings (SSSR count). The van der Waals surface area contributed by atoms with Crippen LogP contribution in [-0.4, -0.2) is 29.5 Å². The van der Waals surface area contributed by atoms with Gasteiger partial charge >= 0.3 is 0 Å². The minimum Gasteiger partial charge on any atom is -0.355 e. The van der Waals surface area contributed by atoms with Crippen LogP contribution >= 0.6 is 11.3 Å². The average Bonchev–Trinajstić information content (AvgIpc) is 3.21. The summed E-state index contributed by atoms with van der Waals surface area (Å²) >= 11 is 1.53. The number of hydrazine groups is 1. The highest BCUT2D eigenvalue weighted by molar-refractivity contribution is 7.09. The molecule has 1 saturated heterocycles. The van der Waals surface area contributed by atoms with Crippen LogP contribution in [0.1, 0.15) is 36.2 Å². The fourth-order valence-electron chi connectivity index (χ4n) is 3.25. The summed E-state index contributed by atoms with van der Waals surface area (Å²) in [5, 5.41) is 5.84. The second-order valence-electron chi connectivity index (χ2n) is 6.98. The van der Waals surface area contributed by atoms with Crippen LogP contribution in [0, 0.1) is 5.92 Å². The zero-order valence-electron chi connectivity index (χ0n) is 15.2. The van der Waals surface area contributed by atoms with Gasteiger partial charge in [0.25, 0.3) is 0 Å². The molecule has 1 aliphatic heterocycles. The molecule has 3 atom stereocenters. The molecule has 6 nitrogen and oxygen atoms in total. The summed E-state index contributed by atoms with van der Waals surface area (Å²) in [5.74, 6) is 0.383. The van der Waals surface area contributed by atoms with E-state index >= 15 is 0 Å². The van der Waals surface area contributed by atoms with Crippen LogP contribution < -0.4 is 21.9 Å². The molecule has 1 aliphatic rings. The van der Waals surface area contributed by atoms with Crippen molar-refractivity contribution in [3.8, 4) is 0 Å². The number of benzene rings is 1. The topological polar surface area (TPSA) is 92.1 Å². The van der Waals surface area contributed by atoms with Gasteiger partial charge in [-0.2, -0.15) is 0 Å². The number of rotatable bonds is 7. The average molecular weight is 374 g/mol. The van der Waals surface area contributed by atoms with E-state index in [1.165, 1.54) is 16.9 Å². The van der Waals surface area contributed by atoms with E-state index < -0.39 is 0 Å². The quantitative estimate of drug-likeness (QED) is 0.591. The van der Waals surface area contributed by atoms with Crippen LogP contribution in [0.15, 0.2) is 35.7 Å². The Morgan fingerprint density at radius 1 is 1.27 bits per heavy atom. The second-order valence-corrected chi connectivity index (χ2v) is 7.87. The molecule has 0 bridgehead atoms. The van der Waals surface area contributed by atoms with Gasteiger partial charge in [-0.1, -0.05) is 30.3 Å². The van der Waals surface area contributed by atoms with Crippen molar-refractivity contribution in [2.75, 3.05) is 6.54 Å². The Bertz CT molecular complexity index is 710. The van der Waals surface area contributed by atoms with Gasteiger partial charge in [-0.05, 0) is 25.8 Å². The molecule has 2 heterocycles. The van der Waals surface area contributed by atoms with Gasteiger partial charge in [0.05, 0.1) is 18.2 Å². The van der Waals surface area contributed by atoms with Crippen LogP contribution in [0.3, 0.4) is 0 Å². The molecule has 0 radical (unpaired) electrons. The fourth-order valence-corrected chi connectivity index (χ4v) is 4.07. The van der Waals surface area contributed by atoms with Gasteiger partial charge in [-0.15, -0.1) is 11.3 Å². The van der Waals surface area contributed by atoms with Crippen molar-refractivity contribution < 1.29 is 4.79 Å². The van der Waals surface area contributed by atoms with Crippen molar-refractivity contribution >= 4 is 17.2 Å². The number of nitrogens with two attached hydrogens (primary N) is 1. The normalized spacial score (nSPS) is 23.7. The largest absolute Gasteiger partial charge is 0.355 e. The summed E-state index contributed by atoms with van der Waals surface area (Å²) in [4.78, 5) is 16.8. The molecule has 0 spiro atoms. The highest BCUT2D eigenvalue weighted by Crippen LogP contribution is 2.20. The molecule has 3 unspecified atom stereocenters. The van der Waals surface area contributed by atoms with Crippen LogP contribution in [0.4, 0.5) is 0 Å². The summed E-state index contributed by atoms with van der Waals surface area (Å²) < 4.78 is 0. The molecule has 1 fully saturated rings. The van der Waals surface area contributed by atoms with E-state index in [4.69, 9.17) is 5.73 Å². The maximum absolute atomic E-state index is 12.2. The fraction of sp³-hybridized carbons (Fsp3) is 0.474. The molecule has 1 aromatic heterocycles. The lowest BCUT2D eigenvalue weighted by Gasteiger charge is -2.18. The smallest absolute Gasteiger partial charge is 0.226 e. The Hall–Kier alpha value is -1.80. The predicted molar refractivity (Wildman–Crippen MR) is 105 cm³/mol. The van der Waals surface area contributed by atoms with E-state index in [-0.39, 0.29) is 11.9 Å². The molecule has 1 aromatic carbocycles. The molecule has 0 saturated carbocycles. The van der Waals surface area contributed by atoms with E-state index in [1.807, 2.05) is 23.6 Å². The number of aromatic nitrogens is 1. The van der Waals surface area contributed by atoms with Crippen molar-refractivity contribution in [3.63, 3.8) is 0 Å². The van der Waals surface area contributed by atoms with Gasteiger partial charge in [0.1, 0.15) is 5.01 Å². The Morgan fingerprint density at radius 3 is 2.65 bits per heavy atom. The maximum atomic E-state index is 12.2. The summed E-state index contributed by atoms with van der Waals surface area (Å²) in [5.41, 5.74) is 14.7. The number of carbonyl (C=O) groups is 1. The first-order valence-corrected chi connectivity index (χ1v) is 9.92. The van der Waals surface area contributed by atoms with Crippen molar-refractivity contribution in [2.24, 2.45) is 11.7 Å². The lowest BCUT2D eigenvalue weighted by Crippen LogP contribution is -2.37. The summed E-state index contributed by atoms with van der Waals surface area (Å²) in [6.07, 6.45) is 1.04. The molecule has 26 heavy (non-hydrogen) atoms. The predicted octanol–water partition coefficient (Wildman–Crippen LogP) is 1.55. The standard InChI is InChI=1S/C19H27N5OS/c1-12-16(13(2)24-23-12)10-21-18(25)9-15-11-26-19(22-15)17(20)8-14-6-4-3-5-7-14/h3-7,11-13,16-17,23-24H,8-10,20H2,1-2H3,(H,21,25). The Kier molecular flexibility index (Phi) is 6.37. The van der Waals surface area contributed by atoms with Gasteiger partial charge in [-0.25, -0.2) is 4.98 Å². The molecule has 2 aromatic rings. The minimum absolute atomic E-state index is 0.00443. The Balaban J connectivity index is 1.49. The first-order chi connectivity index (χ1) is 12.5. The molecule has 1 amide bonds. The number of thiazole rings is 1. The van der Waals surface area contributed by atoms with Gasteiger partial charge < -0.3 is 11.1 Å². The molecule has 140 valence electrons. The summed E-state index contributed by atoms with van der Waals surface area (Å²) in [6.45, 7) is 4.90. The van der Waals surface area contributed by atoms with Gasteiger partial charge in [0.2, 0.25) is 5.91 Å². The molecule has 0 aliphatic carbocycles. The third-order valence-electron chi connectivity index (χ3n) is 4.88. The zero-order valence-corrected chi connectivity index (χ0v) is 16.1. The van der Waals surface area contributed by atoms with Crippen LogP contribution in [-0.2, 0) is 17.6 Å². The number of nitrogens with zero attached hydrogens (tertiary/aromatic N) is 1. The van der Waals surface area contributed by atoms with Crippen molar-refractivity contribution in [2.45, 2.75) is 44.8 Å². The highest BCUT2D eigenvalue weighted by Gasteiger charge is 2.29. The third-order valence-corrected chi connectivity index (χ3v) is 5.91. The second kappa shape index (κ2) is 8.73. The van der Waals surface area contributed by atoms with E-state index in [1.54, 1.807) is 0 Å². The minimum atomic E-state index is -0.142. The number of hydrogen-bond acceptors (Lipinski definition) is 6. The summed E-state index contributed by atoms with van der Waals surface area (Å²) in [7, 11) is 0. The first-order valence-electron chi connectivity index (χ1n) is 9.04. The van der Waals surface area contributed by atoms with E-state index in [0.29, 0.717) is 31.0 Å². The highest BCUT2D eigenvalue weighted by atomic mass is 32.1. The molecule has 7 heteroatoms. The lowest BCUT2D eigenvalue weighted by molar-refractivity contribution is -0.120. The lowest BCUT2D eigenvalue weighted by atomic mass is 9.97. The van der Waals surface area contributed by atoms with Gasteiger partial charge in [-0.3, -0.25) is 15.6 Å². The molecular formula is C19H27N5OS. The zero-order chi connectivity index (χ0) is 18.5. The van der Waals surface area contributed by atoms with Crippen molar-refractivity contribution in [1.29, 1.82) is 0 Å². The number of carbonyl (C=O) groups excluding carboxylic acids is 1. The van der Waals surface area contributed by atoms with E-state index in [0.717, 1.165) is 17.1 Å². The van der Waals surface area contributed by atoms with Crippen molar-refractivity contribution in [1.82, 2.24) is 21.2 Å². The third kappa shape index (κ3) is 4.88. The SMILES string of the molecule is CC1NNC(C)C1CNC(=O)Cc1csc(C(N)Cc2ccccc2)n1. The number of nitrogens with one attached hydrogen (secondary N) is 3. The number of amides is 1. The van der Waals surface area contributed by atoms with Crippen LogP contribution in [0.5, 0.6) is 0 Å². The molecule has 5 N–H and O–H groups in total. The van der Waals surface area contributed by atoms with E-state index in [2.05, 4.69) is 47.1 Å². The van der Waals surface area contributed by atoms with Crippen molar-refractivity contribution in [3.05, 3.63) is 52.0 Å². The monoisotopic (exact) mass is 373 g/mol.